The van der Waals surface area contributed by atoms with Gasteiger partial charge in [0.2, 0.25) is 0 Å². The summed E-state index contributed by atoms with van der Waals surface area (Å²) >= 11 is 0. The fourth-order valence-electron chi connectivity index (χ4n) is 1.02. The molecule has 1 aliphatic heterocycles. The third kappa shape index (κ3) is 1.53. The third-order valence-electron chi connectivity index (χ3n) is 1.93. The van der Waals surface area contributed by atoms with E-state index in [4.69, 9.17) is 9.47 Å². The van der Waals surface area contributed by atoms with E-state index in [2.05, 4.69) is 0 Å². The predicted molar refractivity (Wildman–Crippen MR) is 40.2 cm³/mol. The van der Waals surface area contributed by atoms with Crippen LogP contribution in [-0.4, -0.2) is 23.8 Å². The van der Waals surface area contributed by atoms with Crippen molar-refractivity contribution < 1.29 is 14.3 Å². The molecule has 0 spiro atoms. The number of carbonyl (C=O) groups is 1. The molecule has 1 heterocycles. The minimum Gasteiger partial charge on any atom is -0.458 e. The Morgan fingerprint density at radius 2 is 1.82 bits per heavy atom. The fraction of sp³-hybridized carbons (Fsp3) is 0.875. The zero-order chi connectivity index (χ0) is 8.65. The van der Waals surface area contributed by atoms with E-state index in [1.807, 2.05) is 13.8 Å². The second-order valence-electron chi connectivity index (χ2n) is 3.44. The number of hydrogen-bond acceptors (Lipinski definition) is 3. The van der Waals surface area contributed by atoms with Crippen molar-refractivity contribution in [1.82, 2.24) is 0 Å². The Bertz CT molecular complexity index is 174. The van der Waals surface area contributed by atoms with Crippen molar-refractivity contribution in [3.8, 4) is 0 Å². The lowest BCUT2D eigenvalue weighted by Crippen LogP contribution is -2.50. The van der Waals surface area contributed by atoms with Crippen molar-refractivity contribution in [2.75, 3.05) is 0 Å². The standard InChI is InChI=1S/C8H14O3/c1-5-6(2)11-8(3,4)7(9)10-5/h5-6H,1-4H3/t5-,6-/m1/s1. The Morgan fingerprint density at radius 3 is 2.27 bits per heavy atom. The zero-order valence-corrected chi connectivity index (χ0v) is 7.38. The van der Waals surface area contributed by atoms with Crippen LogP contribution < -0.4 is 0 Å². The summed E-state index contributed by atoms with van der Waals surface area (Å²) in [5.74, 6) is -0.275. The Morgan fingerprint density at radius 1 is 1.27 bits per heavy atom. The van der Waals surface area contributed by atoms with Crippen LogP contribution in [0.5, 0.6) is 0 Å². The molecule has 0 radical (unpaired) electrons. The average Bonchev–Trinajstić information content (AvgIpc) is 1.83. The molecular formula is C8H14O3. The number of carbonyl (C=O) groups excluding carboxylic acids is 1. The SMILES string of the molecule is C[C@H]1OC(=O)C(C)(C)O[C@@H]1C. The van der Waals surface area contributed by atoms with E-state index >= 15 is 0 Å². The molecule has 3 nitrogen and oxygen atoms in total. The maximum absolute atomic E-state index is 11.1. The molecule has 2 atom stereocenters. The summed E-state index contributed by atoms with van der Waals surface area (Å²) < 4.78 is 10.5. The molecule has 0 unspecified atom stereocenters. The van der Waals surface area contributed by atoms with Crippen LogP contribution in [0.1, 0.15) is 27.7 Å². The lowest BCUT2D eigenvalue weighted by atomic mass is 10.1. The van der Waals surface area contributed by atoms with Gasteiger partial charge in [0, 0.05) is 0 Å². The van der Waals surface area contributed by atoms with Crippen LogP contribution in [0, 0.1) is 0 Å². The molecule has 0 bridgehead atoms. The molecule has 0 N–H and O–H groups in total. The van der Waals surface area contributed by atoms with Crippen LogP contribution in [-0.2, 0) is 14.3 Å². The second kappa shape index (κ2) is 2.48. The first-order valence-electron chi connectivity index (χ1n) is 3.82. The predicted octanol–water partition coefficient (Wildman–Crippen LogP) is 1.12. The molecule has 11 heavy (non-hydrogen) atoms. The van der Waals surface area contributed by atoms with Gasteiger partial charge in [-0.1, -0.05) is 0 Å². The van der Waals surface area contributed by atoms with Crippen molar-refractivity contribution in [2.24, 2.45) is 0 Å². The summed E-state index contributed by atoms with van der Waals surface area (Å²) in [6, 6.07) is 0. The van der Waals surface area contributed by atoms with Gasteiger partial charge in [-0.15, -0.1) is 0 Å². The number of cyclic esters (lactones) is 1. The average molecular weight is 158 g/mol. The number of rotatable bonds is 0. The van der Waals surface area contributed by atoms with Crippen LogP contribution >= 0.6 is 0 Å². The van der Waals surface area contributed by atoms with Crippen LogP contribution in [0.25, 0.3) is 0 Å². The first kappa shape index (κ1) is 8.53. The van der Waals surface area contributed by atoms with Gasteiger partial charge in [-0.3, -0.25) is 0 Å². The fourth-order valence-corrected chi connectivity index (χ4v) is 1.02. The van der Waals surface area contributed by atoms with Gasteiger partial charge >= 0.3 is 5.97 Å². The van der Waals surface area contributed by atoms with Crippen LogP contribution in [0.2, 0.25) is 0 Å². The van der Waals surface area contributed by atoms with Gasteiger partial charge < -0.3 is 9.47 Å². The smallest absolute Gasteiger partial charge is 0.338 e. The van der Waals surface area contributed by atoms with Crippen molar-refractivity contribution >= 4 is 5.97 Å². The molecular weight excluding hydrogens is 144 g/mol. The minimum atomic E-state index is -0.772. The van der Waals surface area contributed by atoms with E-state index in [0.717, 1.165) is 0 Å². The number of esters is 1. The molecule has 0 aromatic carbocycles. The van der Waals surface area contributed by atoms with Crippen LogP contribution in [0.4, 0.5) is 0 Å². The van der Waals surface area contributed by atoms with Gasteiger partial charge in [-0.25, -0.2) is 4.79 Å². The van der Waals surface area contributed by atoms with Gasteiger partial charge in [0.15, 0.2) is 5.60 Å². The van der Waals surface area contributed by atoms with Gasteiger partial charge in [0.1, 0.15) is 6.10 Å². The second-order valence-corrected chi connectivity index (χ2v) is 3.44. The lowest BCUT2D eigenvalue weighted by Gasteiger charge is -2.36. The zero-order valence-electron chi connectivity index (χ0n) is 7.38. The normalized spacial score (nSPS) is 36.5. The van der Waals surface area contributed by atoms with Crippen molar-refractivity contribution in [3.05, 3.63) is 0 Å². The van der Waals surface area contributed by atoms with Crippen LogP contribution in [0.3, 0.4) is 0 Å². The van der Waals surface area contributed by atoms with E-state index in [9.17, 15) is 4.79 Å². The van der Waals surface area contributed by atoms with E-state index < -0.39 is 5.60 Å². The summed E-state index contributed by atoms with van der Waals surface area (Å²) in [6.07, 6.45) is -0.141. The van der Waals surface area contributed by atoms with Gasteiger partial charge in [-0.05, 0) is 27.7 Å². The minimum absolute atomic E-state index is 0.0114. The largest absolute Gasteiger partial charge is 0.458 e. The van der Waals surface area contributed by atoms with Crippen molar-refractivity contribution in [1.29, 1.82) is 0 Å². The Kier molecular flexibility index (Phi) is 1.92. The quantitative estimate of drug-likeness (QED) is 0.495. The number of ether oxygens (including phenoxy) is 2. The summed E-state index contributed by atoms with van der Waals surface area (Å²) in [5.41, 5.74) is -0.772. The molecule has 64 valence electrons. The molecule has 0 aliphatic carbocycles. The summed E-state index contributed by atoms with van der Waals surface area (Å²) in [5, 5.41) is 0. The molecule has 0 aromatic heterocycles. The first-order chi connectivity index (χ1) is 4.93. The molecule has 1 saturated heterocycles. The molecule has 1 rings (SSSR count). The highest BCUT2D eigenvalue weighted by atomic mass is 16.6. The highest BCUT2D eigenvalue weighted by Gasteiger charge is 2.40. The highest BCUT2D eigenvalue weighted by molar-refractivity contribution is 5.79. The summed E-state index contributed by atoms with van der Waals surface area (Å²) in [7, 11) is 0. The Balaban J connectivity index is 2.71. The Labute approximate surface area is 66.7 Å². The van der Waals surface area contributed by atoms with Gasteiger partial charge in [-0.2, -0.15) is 0 Å². The molecule has 0 saturated carbocycles. The maximum atomic E-state index is 11.1. The Hall–Kier alpha value is -0.570. The van der Waals surface area contributed by atoms with E-state index in [1.54, 1.807) is 13.8 Å². The summed E-state index contributed by atoms with van der Waals surface area (Å²) in [4.78, 5) is 11.1. The van der Waals surface area contributed by atoms with E-state index in [1.165, 1.54) is 0 Å². The monoisotopic (exact) mass is 158 g/mol. The van der Waals surface area contributed by atoms with E-state index in [0.29, 0.717) is 0 Å². The third-order valence-corrected chi connectivity index (χ3v) is 1.93. The summed E-state index contributed by atoms with van der Waals surface area (Å²) in [6.45, 7) is 7.17. The topological polar surface area (TPSA) is 35.5 Å². The molecule has 0 aromatic rings. The van der Waals surface area contributed by atoms with Crippen molar-refractivity contribution in [2.45, 2.75) is 45.5 Å². The molecule has 3 heteroatoms. The van der Waals surface area contributed by atoms with E-state index in [-0.39, 0.29) is 18.2 Å². The number of hydrogen-bond donors (Lipinski definition) is 0. The maximum Gasteiger partial charge on any atom is 0.338 e. The van der Waals surface area contributed by atoms with Gasteiger partial charge in [0.05, 0.1) is 6.10 Å². The highest BCUT2D eigenvalue weighted by Crippen LogP contribution is 2.23. The molecule has 0 amide bonds. The van der Waals surface area contributed by atoms with Gasteiger partial charge in [0.25, 0.3) is 0 Å². The molecule has 1 fully saturated rings. The van der Waals surface area contributed by atoms with Crippen LogP contribution in [0.15, 0.2) is 0 Å². The lowest BCUT2D eigenvalue weighted by molar-refractivity contribution is -0.214. The first-order valence-corrected chi connectivity index (χ1v) is 3.82. The molecule has 1 aliphatic rings. The van der Waals surface area contributed by atoms with Crippen molar-refractivity contribution in [3.63, 3.8) is 0 Å².